The highest BCUT2D eigenvalue weighted by Crippen LogP contribution is 2.13. The molecule has 0 bridgehead atoms. The first kappa shape index (κ1) is 28.5. The van der Waals surface area contributed by atoms with Gasteiger partial charge in [0.2, 0.25) is 0 Å². The predicted octanol–water partition coefficient (Wildman–Crippen LogP) is 7.57. The van der Waals surface area contributed by atoms with Gasteiger partial charge in [0.05, 0.1) is 0 Å². The molecule has 0 atom stereocenters. The van der Waals surface area contributed by atoms with Crippen molar-refractivity contribution in [1.82, 2.24) is 10.2 Å². The lowest BCUT2D eigenvalue weighted by Crippen LogP contribution is -2.28. The summed E-state index contributed by atoms with van der Waals surface area (Å²) in [5.41, 5.74) is 4.90. The zero-order valence-corrected chi connectivity index (χ0v) is 21.0. The third-order valence-corrected chi connectivity index (χ3v) is 5.96. The fourth-order valence-corrected chi connectivity index (χ4v) is 3.86. The molecule has 2 aliphatic rings. The summed E-state index contributed by atoms with van der Waals surface area (Å²) in [5.74, 6) is 0.581. The molecule has 1 N–H and O–H groups in total. The molecule has 2 saturated heterocycles. The Labute approximate surface area is 207 Å². The SMILES string of the molecule is C1CCNCC1.C=Cc1ccc(CCl)cc1.C=Cc1ccc(CN2CCCCC2)cc1.Cl. The minimum absolute atomic E-state index is 0. The normalized spacial score (nSPS) is 15.7. The molecule has 0 unspecified atom stereocenters. The number of alkyl halides is 1. The lowest BCUT2D eigenvalue weighted by molar-refractivity contribution is 0.221. The fourth-order valence-electron chi connectivity index (χ4n) is 3.68. The summed E-state index contributed by atoms with van der Waals surface area (Å²) in [7, 11) is 0. The van der Waals surface area contributed by atoms with Crippen LogP contribution < -0.4 is 5.32 Å². The van der Waals surface area contributed by atoms with Crippen LogP contribution in [0.2, 0.25) is 0 Å². The molecule has 32 heavy (non-hydrogen) atoms. The molecule has 4 rings (SSSR count). The summed E-state index contributed by atoms with van der Waals surface area (Å²) in [6.07, 6.45) is 12.1. The highest BCUT2D eigenvalue weighted by molar-refractivity contribution is 6.17. The smallest absolute Gasteiger partial charge is 0.0474 e. The van der Waals surface area contributed by atoms with E-state index in [-0.39, 0.29) is 12.4 Å². The first-order valence-electron chi connectivity index (χ1n) is 11.7. The molecule has 2 aromatic carbocycles. The summed E-state index contributed by atoms with van der Waals surface area (Å²) in [6, 6.07) is 16.7. The van der Waals surface area contributed by atoms with Crippen LogP contribution in [-0.4, -0.2) is 31.1 Å². The molecular weight excluding hydrogens is 435 g/mol. The van der Waals surface area contributed by atoms with E-state index in [4.69, 9.17) is 11.6 Å². The van der Waals surface area contributed by atoms with E-state index in [1.807, 2.05) is 36.4 Å². The van der Waals surface area contributed by atoms with Crippen LogP contribution in [0.3, 0.4) is 0 Å². The molecule has 2 nitrogen and oxygen atoms in total. The molecule has 0 radical (unpaired) electrons. The third kappa shape index (κ3) is 11.9. The molecule has 2 aromatic rings. The molecule has 0 saturated carbocycles. The number of hydrogen-bond donors (Lipinski definition) is 1. The Hall–Kier alpha value is -1.58. The number of rotatable bonds is 5. The largest absolute Gasteiger partial charge is 0.317 e. The first-order chi connectivity index (χ1) is 15.2. The monoisotopic (exact) mass is 474 g/mol. The lowest BCUT2D eigenvalue weighted by Gasteiger charge is -2.26. The number of hydrogen-bond acceptors (Lipinski definition) is 2. The standard InChI is InChI=1S/C14H19N.C9H9Cl.C5H11N.ClH/c1-2-13-6-8-14(9-7-13)12-15-10-4-3-5-11-15;1-2-8-3-5-9(7-10)6-4-8;1-2-4-6-5-3-1;/h2,6-9H,1,3-5,10-12H2;2-6H,1,7H2;6H,1-5H2;1H. The zero-order chi connectivity index (χ0) is 22.2. The van der Waals surface area contributed by atoms with Gasteiger partial charge in [-0.25, -0.2) is 0 Å². The highest BCUT2D eigenvalue weighted by Gasteiger charge is 2.09. The summed E-state index contributed by atoms with van der Waals surface area (Å²) in [6.45, 7) is 13.6. The summed E-state index contributed by atoms with van der Waals surface area (Å²) < 4.78 is 0. The first-order valence-corrected chi connectivity index (χ1v) is 12.2. The van der Waals surface area contributed by atoms with Gasteiger partial charge in [-0.3, -0.25) is 4.90 Å². The van der Waals surface area contributed by atoms with Gasteiger partial charge in [0, 0.05) is 12.4 Å². The fraction of sp³-hybridized carbons (Fsp3) is 0.429. The molecule has 0 aromatic heterocycles. The average molecular weight is 476 g/mol. The summed E-state index contributed by atoms with van der Waals surface area (Å²) in [5, 5.41) is 3.28. The Morgan fingerprint density at radius 1 is 0.719 bits per heavy atom. The Morgan fingerprint density at radius 3 is 1.56 bits per heavy atom. The second-order valence-electron chi connectivity index (χ2n) is 8.17. The van der Waals surface area contributed by atoms with Crippen molar-refractivity contribution in [3.05, 3.63) is 83.9 Å². The Kier molecular flexibility index (Phi) is 15.9. The number of halogens is 2. The molecule has 2 aliphatic heterocycles. The van der Waals surface area contributed by atoms with Gasteiger partial charge in [-0.2, -0.15) is 0 Å². The van der Waals surface area contributed by atoms with Gasteiger partial charge >= 0.3 is 0 Å². The number of likely N-dealkylation sites (tertiary alicyclic amines) is 1. The molecule has 176 valence electrons. The van der Waals surface area contributed by atoms with Crippen LogP contribution in [0.15, 0.2) is 61.7 Å². The zero-order valence-electron chi connectivity index (χ0n) is 19.4. The van der Waals surface area contributed by atoms with Crippen molar-refractivity contribution >= 4 is 36.2 Å². The minimum atomic E-state index is 0. The van der Waals surface area contributed by atoms with Crippen LogP contribution in [0.5, 0.6) is 0 Å². The van der Waals surface area contributed by atoms with E-state index in [2.05, 4.69) is 47.6 Å². The van der Waals surface area contributed by atoms with Crippen LogP contribution in [0.25, 0.3) is 12.2 Å². The second kappa shape index (κ2) is 17.9. The van der Waals surface area contributed by atoms with Crippen LogP contribution in [0, 0.1) is 0 Å². The van der Waals surface area contributed by atoms with E-state index in [0.717, 1.165) is 17.7 Å². The second-order valence-corrected chi connectivity index (χ2v) is 8.44. The van der Waals surface area contributed by atoms with Crippen LogP contribution in [0.1, 0.15) is 60.8 Å². The molecular formula is C28H40Cl2N2. The van der Waals surface area contributed by atoms with Crippen LogP contribution in [0.4, 0.5) is 0 Å². The molecule has 0 spiro atoms. The highest BCUT2D eigenvalue weighted by atomic mass is 35.5. The maximum absolute atomic E-state index is 5.60. The maximum atomic E-state index is 5.60. The molecule has 2 heterocycles. The molecule has 4 heteroatoms. The Morgan fingerprint density at radius 2 is 1.19 bits per heavy atom. The summed E-state index contributed by atoms with van der Waals surface area (Å²) >= 11 is 5.60. The van der Waals surface area contributed by atoms with Gasteiger partial charge in [0.15, 0.2) is 0 Å². The van der Waals surface area contributed by atoms with Crippen molar-refractivity contribution in [3.63, 3.8) is 0 Å². The minimum Gasteiger partial charge on any atom is -0.317 e. The van der Waals surface area contributed by atoms with E-state index >= 15 is 0 Å². The van der Waals surface area contributed by atoms with Crippen molar-refractivity contribution in [2.24, 2.45) is 0 Å². The van der Waals surface area contributed by atoms with Gasteiger partial charge in [0.25, 0.3) is 0 Å². The topological polar surface area (TPSA) is 15.3 Å². The van der Waals surface area contributed by atoms with E-state index in [0.29, 0.717) is 5.88 Å². The van der Waals surface area contributed by atoms with Gasteiger partial charge in [-0.15, -0.1) is 24.0 Å². The molecule has 0 amide bonds. The quantitative estimate of drug-likeness (QED) is 0.449. The van der Waals surface area contributed by atoms with Crippen molar-refractivity contribution in [1.29, 1.82) is 0 Å². The maximum Gasteiger partial charge on any atom is 0.0474 e. The summed E-state index contributed by atoms with van der Waals surface area (Å²) in [4.78, 5) is 2.55. The average Bonchev–Trinajstić information content (AvgIpc) is 2.87. The van der Waals surface area contributed by atoms with Gasteiger partial charge in [-0.1, -0.05) is 86.7 Å². The lowest BCUT2D eigenvalue weighted by atomic mass is 10.1. The van der Waals surface area contributed by atoms with E-state index < -0.39 is 0 Å². The van der Waals surface area contributed by atoms with E-state index in [9.17, 15) is 0 Å². The van der Waals surface area contributed by atoms with E-state index in [1.165, 1.54) is 75.8 Å². The molecule has 2 fully saturated rings. The van der Waals surface area contributed by atoms with Crippen molar-refractivity contribution in [2.75, 3.05) is 26.2 Å². The van der Waals surface area contributed by atoms with Crippen molar-refractivity contribution < 1.29 is 0 Å². The molecule has 0 aliphatic carbocycles. The number of piperidine rings is 2. The Bertz CT molecular complexity index is 720. The third-order valence-electron chi connectivity index (χ3n) is 5.65. The van der Waals surface area contributed by atoms with Gasteiger partial charge < -0.3 is 5.32 Å². The van der Waals surface area contributed by atoms with Gasteiger partial charge in [0.1, 0.15) is 0 Å². The number of nitrogens with one attached hydrogen (secondary N) is 1. The Balaban J connectivity index is 0.000000260. The number of benzene rings is 2. The van der Waals surface area contributed by atoms with Crippen molar-refractivity contribution in [3.8, 4) is 0 Å². The number of nitrogens with zero attached hydrogens (tertiary/aromatic N) is 1. The van der Waals surface area contributed by atoms with Crippen molar-refractivity contribution in [2.45, 2.75) is 50.9 Å². The van der Waals surface area contributed by atoms with Gasteiger partial charge in [-0.05, 0) is 74.1 Å². The van der Waals surface area contributed by atoms with Crippen LogP contribution in [-0.2, 0) is 12.4 Å². The predicted molar refractivity (Wildman–Crippen MR) is 146 cm³/mol. The van der Waals surface area contributed by atoms with Crippen LogP contribution >= 0.6 is 24.0 Å². The van der Waals surface area contributed by atoms with E-state index in [1.54, 1.807) is 0 Å².